The first kappa shape index (κ1) is 20.6. The van der Waals surface area contributed by atoms with Gasteiger partial charge in [-0.15, -0.1) is 0 Å². The second-order valence-corrected chi connectivity index (χ2v) is 8.03. The predicted molar refractivity (Wildman–Crippen MR) is 117 cm³/mol. The van der Waals surface area contributed by atoms with E-state index in [0.717, 1.165) is 30.8 Å². The number of aromatic nitrogens is 2. The molecule has 3 aromatic rings. The lowest BCUT2D eigenvalue weighted by Gasteiger charge is -2.31. The number of amides is 1. The van der Waals surface area contributed by atoms with Crippen LogP contribution in [0.15, 0.2) is 60.8 Å². The summed E-state index contributed by atoms with van der Waals surface area (Å²) in [5.41, 5.74) is 3.29. The summed E-state index contributed by atoms with van der Waals surface area (Å²) in [5.74, 6) is 0.00214. The first-order chi connectivity index (χ1) is 14.6. The number of nitrogens with one attached hydrogen (secondary N) is 1. The molecule has 30 heavy (non-hydrogen) atoms. The highest BCUT2D eigenvalue weighted by Crippen LogP contribution is 2.25. The molecule has 0 saturated carbocycles. The van der Waals surface area contributed by atoms with Crippen LogP contribution >= 0.6 is 11.6 Å². The molecule has 6 nitrogen and oxygen atoms in total. The first-order valence-corrected chi connectivity index (χ1v) is 10.6. The van der Waals surface area contributed by atoms with Gasteiger partial charge in [-0.1, -0.05) is 54.1 Å². The number of carbonyl (C=O) groups excluding carboxylic acids is 1. The molecule has 7 heteroatoms. The summed E-state index contributed by atoms with van der Waals surface area (Å²) in [6.07, 6.45) is 1.85. The van der Waals surface area contributed by atoms with E-state index in [1.54, 1.807) is 0 Å². The number of aliphatic hydroxyl groups is 1. The number of piperazine rings is 1. The minimum absolute atomic E-state index is 0.00214. The van der Waals surface area contributed by atoms with E-state index in [2.05, 4.69) is 0 Å². The van der Waals surface area contributed by atoms with Gasteiger partial charge >= 0.3 is 0 Å². The lowest BCUT2D eigenvalue weighted by molar-refractivity contribution is -0.904. The number of nitrogens with zero attached hydrogens (tertiary/aromatic N) is 3. The Kier molecular flexibility index (Phi) is 6.47. The Bertz CT molecular complexity index is 980. The summed E-state index contributed by atoms with van der Waals surface area (Å²) in [6.45, 7) is 4.56. The lowest BCUT2D eigenvalue weighted by atomic mass is 10.1. The summed E-state index contributed by atoms with van der Waals surface area (Å²) >= 11 is 6.05. The number of benzene rings is 2. The maximum Gasteiger partial charge on any atom is 0.258 e. The summed E-state index contributed by atoms with van der Waals surface area (Å²) in [7, 11) is 0. The molecule has 1 amide bonds. The van der Waals surface area contributed by atoms with Crippen LogP contribution in [-0.2, 0) is 6.54 Å². The zero-order chi connectivity index (χ0) is 20.9. The molecule has 1 aliphatic rings. The molecule has 0 radical (unpaired) electrons. The predicted octanol–water partition coefficient (Wildman–Crippen LogP) is 1.58. The lowest BCUT2D eigenvalue weighted by Crippen LogP contribution is -3.15. The van der Waals surface area contributed by atoms with Crippen molar-refractivity contribution in [3.63, 3.8) is 0 Å². The highest BCUT2D eigenvalue weighted by Gasteiger charge is 2.27. The second-order valence-electron chi connectivity index (χ2n) is 7.60. The third kappa shape index (κ3) is 4.73. The average Bonchev–Trinajstić information content (AvgIpc) is 3.19. The normalized spacial score (nSPS) is 14.8. The Labute approximate surface area is 181 Å². The molecule has 4 rings (SSSR count). The first-order valence-electron chi connectivity index (χ1n) is 10.2. The SMILES string of the molecule is O=C(c1cn(Cc2ccccc2)nc1-c1ccc(Cl)cc1)N1CC[NH+](CCO)CC1. The topological polar surface area (TPSA) is 62.8 Å². The maximum atomic E-state index is 13.4. The van der Waals surface area contributed by atoms with Crippen molar-refractivity contribution in [3.05, 3.63) is 76.9 Å². The van der Waals surface area contributed by atoms with Crippen LogP contribution in [0.5, 0.6) is 0 Å². The molecule has 0 spiro atoms. The van der Waals surface area contributed by atoms with Gasteiger partial charge in [-0.3, -0.25) is 9.48 Å². The monoisotopic (exact) mass is 425 g/mol. The van der Waals surface area contributed by atoms with Crippen LogP contribution in [-0.4, -0.2) is 65.0 Å². The van der Waals surface area contributed by atoms with E-state index in [9.17, 15) is 4.79 Å². The Morgan fingerprint density at radius 2 is 1.77 bits per heavy atom. The largest absolute Gasteiger partial charge is 0.391 e. The van der Waals surface area contributed by atoms with Crippen LogP contribution in [0.1, 0.15) is 15.9 Å². The number of quaternary nitrogens is 1. The van der Waals surface area contributed by atoms with E-state index < -0.39 is 0 Å². The number of carbonyl (C=O) groups is 1. The number of hydrogen-bond acceptors (Lipinski definition) is 3. The van der Waals surface area contributed by atoms with Gasteiger partial charge < -0.3 is 14.9 Å². The van der Waals surface area contributed by atoms with E-state index >= 15 is 0 Å². The fourth-order valence-electron chi connectivity index (χ4n) is 3.85. The van der Waals surface area contributed by atoms with Gasteiger partial charge in [0.05, 0.1) is 44.9 Å². The highest BCUT2D eigenvalue weighted by molar-refractivity contribution is 6.30. The molecular formula is C23H26ClN4O2+. The van der Waals surface area contributed by atoms with Crippen molar-refractivity contribution in [1.82, 2.24) is 14.7 Å². The molecule has 0 unspecified atom stereocenters. The summed E-state index contributed by atoms with van der Waals surface area (Å²) in [5, 5.41) is 14.6. The third-order valence-corrected chi connectivity index (χ3v) is 5.77. The van der Waals surface area contributed by atoms with Crippen LogP contribution in [0, 0.1) is 0 Å². The van der Waals surface area contributed by atoms with Crippen molar-refractivity contribution in [2.45, 2.75) is 6.54 Å². The van der Waals surface area contributed by atoms with Crippen molar-refractivity contribution in [2.75, 3.05) is 39.3 Å². The molecule has 1 aliphatic heterocycles. The summed E-state index contributed by atoms with van der Waals surface area (Å²) in [6, 6.07) is 17.5. The Morgan fingerprint density at radius 3 is 2.43 bits per heavy atom. The van der Waals surface area contributed by atoms with Crippen LogP contribution in [0.2, 0.25) is 5.02 Å². The minimum Gasteiger partial charge on any atom is -0.391 e. The van der Waals surface area contributed by atoms with Gasteiger partial charge in [0, 0.05) is 16.8 Å². The quantitative estimate of drug-likeness (QED) is 0.630. The van der Waals surface area contributed by atoms with Crippen molar-refractivity contribution >= 4 is 17.5 Å². The number of halogens is 1. The zero-order valence-electron chi connectivity index (χ0n) is 16.8. The Morgan fingerprint density at radius 1 is 1.07 bits per heavy atom. The van der Waals surface area contributed by atoms with E-state index in [1.165, 1.54) is 4.90 Å². The Hall–Kier alpha value is -2.67. The van der Waals surface area contributed by atoms with Gasteiger partial charge in [-0.05, 0) is 17.7 Å². The van der Waals surface area contributed by atoms with E-state index in [-0.39, 0.29) is 12.5 Å². The molecule has 1 fully saturated rings. The molecule has 1 saturated heterocycles. The maximum absolute atomic E-state index is 13.4. The summed E-state index contributed by atoms with van der Waals surface area (Å²) in [4.78, 5) is 16.6. The smallest absolute Gasteiger partial charge is 0.258 e. The highest BCUT2D eigenvalue weighted by atomic mass is 35.5. The zero-order valence-corrected chi connectivity index (χ0v) is 17.6. The van der Waals surface area contributed by atoms with E-state index in [4.69, 9.17) is 21.8 Å². The summed E-state index contributed by atoms with van der Waals surface area (Å²) < 4.78 is 1.83. The Balaban J connectivity index is 1.61. The van der Waals surface area contributed by atoms with Gasteiger partial charge in [-0.25, -0.2) is 0 Å². The van der Waals surface area contributed by atoms with Crippen molar-refractivity contribution in [3.8, 4) is 11.3 Å². The van der Waals surface area contributed by atoms with Crippen molar-refractivity contribution < 1.29 is 14.8 Å². The molecule has 2 aromatic carbocycles. The standard InChI is InChI=1S/C23H25ClN4O2/c24-20-8-6-19(7-9-20)22-21(17-28(25-22)16-18-4-2-1-3-5-18)23(30)27-12-10-26(11-13-27)14-15-29/h1-9,17,29H,10-16H2/p+1. The molecular weight excluding hydrogens is 400 g/mol. The molecule has 1 aromatic heterocycles. The van der Waals surface area contributed by atoms with Crippen LogP contribution in [0.25, 0.3) is 11.3 Å². The van der Waals surface area contributed by atoms with Gasteiger partial charge in [0.25, 0.3) is 5.91 Å². The number of aliphatic hydroxyl groups excluding tert-OH is 1. The van der Waals surface area contributed by atoms with Crippen LogP contribution in [0.3, 0.4) is 0 Å². The fraction of sp³-hybridized carbons (Fsp3) is 0.304. The molecule has 156 valence electrons. The van der Waals surface area contributed by atoms with Crippen molar-refractivity contribution in [1.29, 1.82) is 0 Å². The van der Waals surface area contributed by atoms with Crippen molar-refractivity contribution in [2.24, 2.45) is 0 Å². The van der Waals surface area contributed by atoms with E-state index in [0.29, 0.717) is 35.9 Å². The second kappa shape index (κ2) is 9.43. The van der Waals surface area contributed by atoms with Gasteiger partial charge in [0.2, 0.25) is 0 Å². The third-order valence-electron chi connectivity index (χ3n) is 5.52. The minimum atomic E-state index is 0.00214. The number of rotatable bonds is 6. The van der Waals surface area contributed by atoms with Crippen LogP contribution < -0.4 is 4.90 Å². The molecule has 0 atom stereocenters. The van der Waals surface area contributed by atoms with Gasteiger partial charge in [0.1, 0.15) is 12.2 Å². The number of hydrogen-bond donors (Lipinski definition) is 2. The average molecular weight is 426 g/mol. The van der Waals surface area contributed by atoms with E-state index in [1.807, 2.05) is 70.4 Å². The molecule has 0 aliphatic carbocycles. The fourth-order valence-corrected chi connectivity index (χ4v) is 3.98. The van der Waals surface area contributed by atoms with Crippen LogP contribution in [0.4, 0.5) is 0 Å². The van der Waals surface area contributed by atoms with Gasteiger partial charge in [-0.2, -0.15) is 5.10 Å². The molecule has 2 N–H and O–H groups in total. The molecule has 0 bridgehead atoms. The molecule has 2 heterocycles. The van der Waals surface area contributed by atoms with Gasteiger partial charge in [0.15, 0.2) is 0 Å².